The van der Waals surface area contributed by atoms with Crippen molar-refractivity contribution in [2.45, 2.75) is 18.6 Å². The number of aryl methyl sites for hydroxylation is 1. The lowest BCUT2D eigenvalue weighted by Crippen LogP contribution is -2.29. The van der Waals surface area contributed by atoms with Gasteiger partial charge >= 0.3 is 0 Å². The van der Waals surface area contributed by atoms with Crippen molar-refractivity contribution in [3.05, 3.63) is 99.3 Å². The quantitative estimate of drug-likeness (QED) is 0.295. The van der Waals surface area contributed by atoms with E-state index < -0.39 is 0 Å². The molecular weight excluding hydrogens is 442 g/mol. The minimum atomic E-state index is -0.216. The number of carbonyl (C=O) groups excluding carboxylic acids is 1. The Kier molecular flexibility index (Phi) is 6.63. The van der Waals surface area contributed by atoms with Crippen LogP contribution in [0.3, 0.4) is 0 Å². The fourth-order valence-corrected chi connectivity index (χ4v) is 4.59. The van der Waals surface area contributed by atoms with Gasteiger partial charge in [0.05, 0.1) is 27.4 Å². The van der Waals surface area contributed by atoms with Gasteiger partial charge < -0.3 is 4.90 Å². The summed E-state index contributed by atoms with van der Waals surface area (Å²) in [6, 6.07) is 22.3. The van der Waals surface area contributed by atoms with E-state index in [1.807, 2.05) is 49.4 Å². The molecule has 0 unspecified atom stereocenters. The third-order valence-electron chi connectivity index (χ3n) is 5.26. The van der Waals surface area contributed by atoms with E-state index in [0.717, 1.165) is 11.1 Å². The number of aromatic nitrogens is 2. The van der Waals surface area contributed by atoms with Gasteiger partial charge in [0.1, 0.15) is 0 Å². The Bertz CT molecular complexity index is 1350. The highest BCUT2D eigenvalue weighted by Gasteiger charge is 2.18. The predicted molar refractivity (Wildman–Crippen MR) is 131 cm³/mol. The van der Waals surface area contributed by atoms with E-state index >= 15 is 0 Å². The molecule has 1 amide bonds. The third kappa shape index (κ3) is 4.56. The van der Waals surface area contributed by atoms with Gasteiger partial charge in [-0.3, -0.25) is 14.2 Å². The standard InChI is InChI=1S/C25H22ClN3O2S/c1-17-9-3-4-10-18(17)15-28(2)23(30)16-32-25-27-21-13-7-5-11-19(21)24(31)29(25)22-14-8-6-12-20(22)26/h3-14H,15-16H2,1-2H3. The van der Waals surface area contributed by atoms with Crippen molar-refractivity contribution in [3.8, 4) is 5.69 Å². The molecule has 5 nitrogen and oxygen atoms in total. The van der Waals surface area contributed by atoms with Crippen LogP contribution in [0.5, 0.6) is 0 Å². The molecular formula is C25H22ClN3O2S. The molecule has 0 aliphatic heterocycles. The summed E-state index contributed by atoms with van der Waals surface area (Å²) in [6.07, 6.45) is 0. The molecule has 1 heterocycles. The van der Waals surface area contributed by atoms with Crippen molar-refractivity contribution in [1.82, 2.24) is 14.5 Å². The Morgan fingerprint density at radius 3 is 2.50 bits per heavy atom. The van der Waals surface area contributed by atoms with Crippen molar-refractivity contribution in [1.29, 1.82) is 0 Å². The van der Waals surface area contributed by atoms with Gasteiger partial charge in [0.15, 0.2) is 5.16 Å². The van der Waals surface area contributed by atoms with Crippen LogP contribution >= 0.6 is 23.4 Å². The van der Waals surface area contributed by atoms with Gasteiger partial charge in [-0.15, -0.1) is 0 Å². The SMILES string of the molecule is Cc1ccccc1CN(C)C(=O)CSc1nc2ccccc2c(=O)n1-c1ccccc1Cl. The summed E-state index contributed by atoms with van der Waals surface area (Å²) in [4.78, 5) is 32.5. The number of halogens is 1. The Morgan fingerprint density at radius 2 is 1.72 bits per heavy atom. The molecule has 0 saturated carbocycles. The van der Waals surface area contributed by atoms with Crippen molar-refractivity contribution < 1.29 is 4.79 Å². The summed E-state index contributed by atoms with van der Waals surface area (Å²) in [5.41, 5.74) is 3.16. The average Bonchev–Trinajstić information content (AvgIpc) is 2.80. The molecule has 0 radical (unpaired) electrons. The molecule has 162 valence electrons. The van der Waals surface area contributed by atoms with Crippen molar-refractivity contribution in [2.24, 2.45) is 0 Å². The van der Waals surface area contributed by atoms with Gasteiger partial charge in [-0.2, -0.15) is 0 Å². The number of fused-ring (bicyclic) bond motifs is 1. The zero-order valence-electron chi connectivity index (χ0n) is 17.8. The molecule has 0 atom stereocenters. The van der Waals surface area contributed by atoms with Gasteiger partial charge in [-0.25, -0.2) is 4.98 Å². The second-order valence-corrected chi connectivity index (χ2v) is 8.82. The van der Waals surface area contributed by atoms with Crippen LogP contribution in [0.4, 0.5) is 0 Å². The molecule has 1 aromatic heterocycles. The lowest BCUT2D eigenvalue weighted by atomic mass is 10.1. The van der Waals surface area contributed by atoms with Crippen molar-refractivity contribution in [3.63, 3.8) is 0 Å². The zero-order valence-corrected chi connectivity index (χ0v) is 19.4. The number of benzene rings is 3. The van der Waals surface area contributed by atoms with E-state index in [4.69, 9.17) is 11.6 Å². The van der Waals surface area contributed by atoms with Crippen molar-refractivity contribution in [2.75, 3.05) is 12.8 Å². The topological polar surface area (TPSA) is 55.2 Å². The van der Waals surface area contributed by atoms with E-state index in [0.29, 0.717) is 33.3 Å². The summed E-state index contributed by atoms with van der Waals surface area (Å²) in [6.45, 7) is 2.55. The summed E-state index contributed by atoms with van der Waals surface area (Å²) in [5.74, 6) is 0.101. The zero-order chi connectivity index (χ0) is 22.7. The maximum atomic E-state index is 13.3. The number of amides is 1. The molecule has 0 N–H and O–H groups in total. The molecule has 0 saturated heterocycles. The number of thioether (sulfide) groups is 1. The average molecular weight is 464 g/mol. The largest absolute Gasteiger partial charge is 0.341 e. The predicted octanol–water partition coefficient (Wildman–Crippen LogP) is 5.10. The van der Waals surface area contributed by atoms with Gasteiger partial charge in [0.25, 0.3) is 5.56 Å². The number of hydrogen-bond donors (Lipinski definition) is 0. The van der Waals surface area contributed by atoms with Crippen LogP contribution in [0.1, 0.15) is 11.1 Å². The number of para-hydroxylation sites is 2. The Morgan fingerprint density at radius 1 is 1.03 bits per heavy atom. The highest BCUT2D eigenvalue weighted by atomic mass is 35.5. The van der Waals surface area contributed by atoms with Gasteiger partial charge in [-0.1, -0.05) is 71.9 Å². The summed E-state index contributed by atoms with van der Waals surface area (Å²) in [5, 5.41) is 1.37. The van der Waals surface area contributed by atoms with Gasteiger partial charge in [0.2, 0.25) is 5.91 Å². The molecule has 0 bridgehead atoms. The van der Waals surface area contributed by atoms with Crippen LogP contribution < -0.4 is 5.56 Å². The van der Waals surface area contributed by atoms with E-state index in [1.54, 1.807) is 42.3 Å². The monoisotopic (exact) mass is 463 g/mol. The molecule has 0 fully saturated rings. The first kappa shape index (κ1) is 22.1. The van der Waals surface area contributed by atoms with Crippen LogP contribution in [0.15, 0.2) is 82.7 Å². The third-order valence-corrected chi connectivity index (χ3v) is 6.50. The summed E-state index contributed by atoms with van der Waals surface area (Å²) >= 11 is 7.63. The molecule has 4 rings (SSSR count). The highest BCUT2D eigenvalue weighted by molar-refractivity contribution is 7.99. The van der Waals surface area contributed by atoms with E-state index in [1.165, 1.54) is 16.3 Å². The molecule has 0 spiro atoms. The molecule has 4 aromatic rings. The van der Waals surface area contributed by atoms with Crippen LogP contribution in [0, 0.1) is 6.92 Å². The molecule has 32 heavy (non-hydrogen) atoms. The van der Waals surface area contributed by atoms with E-state index in [9.17, 15) is 9.59 Å². The number of carbonyl (C=O) groups is 1. The first-order valence-corrected chi connectivity index (χ1v) is 11.5. The maximum absolute atomic E-state index is 13.3. The number of rotatable bonds is 6. The fourth-order valence-electron chi connectivity index (χ4n) is 3.42. The van der Waals surface area contributed by atoms with Crippen LogP contribution in [-0.4, -0.2) is 33.2 Å². The molecule has 0 aliphatic carbocycles. The highest BCUT2D eigenvalue weighted by Crippen LogP contribution is 2.26. The normalized spacial score (nSPS) is 11.0. The molecule has 0 aliphatic rings. The minimum Gasteiger partial charge on any atom is -0.341 e. The van der Waals surface area contributed by atoms with Crippen LogP contribution in [0.25, 0.3) is 16.6 Å². The van der Waals surface area contributed by atoms with Gasteiger partial charge in [-0.05, 0) is 42.3 Å². The first-order valence-electron chi connectivity index (χ1n) is 10.1. The van der Waals surface area contributed by atoms with Crippen molar-refractivity contribution >= 4 is 40.2 Å². The molecule has 7 heteroatoms. The number of nitrogens with zero attached hydrogens (tertiary/aromatic N) is 3. The van der Waals surface area contributed by atoms with Gasteiger partial charge in [0, 0.05) is 13.6 Å². The Labute approximate surface area is 195 Å². The Balaban J connectivity index is 1.64. The first-order chi connectivity index (χ1) is 15.5. The Hall–Kier alpha value is -3.09. The smallest absolute Gasteiger partial charge is 0.266 e. The summed E-state index contributed by atoms with van der Waals surface area (Å²) in [7, 11) is 1.78. The lowest BCUT2D eigenvalue weighted by molar-refractivity contribution is -0.127. The summed E-state index contributed by atoms with van der Waals surface area (Å²) < 4.78 is 1.49. The minimum absolute atomic E-state index is 0.0497. The lowest BCUT2D eigenvalue weighted by Gasteiger charge is -2.19. The number of hydrogen-bond acceptors (Lipinski definition) is 4. The second kappa shape index (κ2) is 9.59. The maximum Gasteiger partial charge on any atom is 0.266 e. The van der Waals surface area contributed by atoms with Crippen LogP contribution in [0.2, 0.25) is 5.02 Å². The molecule has 3 aromatic carbocycles. The second-order valence-electron chi connectivity index (χ2n) is 7.47. The van der Waals surface area contributed by atoms with E-state index in [2.05, 4.69) is 4.98 Å². The van der Waals surface area contributed by atoms with E-state index in [-0.39, 0.29) is 17.2 Å². The van der Waals surface area contributed by atoms with Crippen LogP contribution in [-0.2, 0) is 11.3 Å². The fraction of sp³-hybridized carbons (Fsp3) is 0.160.